The summed E-state index contributed by atoms with van der Waals surface area (Å²) < 4.78 is 37.6. The predicted molar refractivity (Wildman–Crippen MR) is 96.8 cm³/mol. The molecule has 1 N–H and O–H groups in total. The fourth-order valence-electron chi connectivity index (χ4n) is 7.33. The first-order valence-electron chi connectivity index (χ1n) is 10.1. The van der Waals surface area contributed by atoms with Crippen LogP contribution in [0.15, 0.2) is 11.6 Å². The third-order valence-corrected chi connectivity index (χ3v) is 9.21. The molecule has 0 amide bonds. The normalized spacial score (nSPS) is 46.5. The molecular weight excluding hydrogens is 375 g/mol. The van der Waals surface area contributed by atoms with E-state index < -0.39 is 16.5 Å². The average molecular weight is 407 g/mol. The summed E-state index contributed by atoms with van der Waals surface area (Å²) in [6.07, 6.45) is 9.72. The Hall–Kier alpha value is 0.570. The van der Waals surface area contributed by atoms with E-state index in [0.29, 0.717) is 36.7 Å². The van der Waals surface area contributed by atoms with Gasteiger partial charge >= 0.3 is 29.6 Å². The van der Waals surface area contributed by atoms with Gasteiger partial charge in [0, 0.05) is 6.61 Å². The van der Waals surface area contributed by atoms with E-state index in [-0.39, 0.29) is 40.4 Å². The molecule has 4 aliphatic carbocycles. The van der Waals surface area contributed by atoms with Gasteiger partial charge in [0.2, 0.25) is 10.4 Å². The maximum Gasteiger partial charge on any atom is 1.00 e. The zero-order valence-corrected chi connectivity index (χ0v) is 19.6. The summed E-state index contributed by atoms with van der Waals surface area (Å²) in [5.41, 5.74) is 1.69. The minimum atomic E-state index is -4.65. The third-order valence-electron chi connectivity index (χ3n) is 8.73. The van der Waals surface area contributed by atoms with Crippen molar-refractivity contribution in [2.24, 2.45) is 34.5 Å². The van der Waals surface area contributed by atoms with Gasteiger partial charge in [-0.2, -0.15) is 0 Å². The van der Waals surface area contributed by atoms with Crippen LogP contribution in [-0.2, 0) is 14.6 Å². The fourth-order valence-corrected chi connectivity index (χ4v) is 7.79. The van der Waals surface area contributed by atoms with Gasteiger partial charge in [0.15, 0.2) is 0 Å². The molecule has 0 heterocycles. The van der Waals surface area contributed by atoms with Crippen molar-refractivity contribution in [2.45, 2.75) is 71.3 Å². The van der Waals surface area contributed by atoms with Crippen LogP contribution >= 0.6 is 0 Å². The Labute approximate surface area is 185 Å². The van der Waals surface area contributed by atoms with Crippen LogP contribution in [0.25, 0.3) is 0 Å². The summed E-state index contributed by atoms with van der Waals surface area (Å²) in [6, 6.07) is 0. The van der Waals surface area contributed by atoms with Crippen molar-refractivity contribution in [2.75, 3.05) is 6.61 Å². The fraction of sp³-hybridized carbons (Fsp3) is 0.900. The first-order chi connectivity index (χ1) is 12.2. The van der Waals surface area contributed by atoms with Crippen LogP contribution in [-0.4, -0.2) is 30.8 Å². The molecule has 0 bridgehead atoms. The summed E-state index contributed by atoms with van der Waals surface area (Å²) >= 11 is 0. The van der Waals surface area contributed by atoms with Gasteiger partial charge in [-0.1, -0.05) is 25.5 Å². The number of aliphatic hydroxyl groups excluding tert-OH is 1. The van der Waals surface area contributed by atoms with E-state index in [1.807, 2.05) is 6.08 Å². The molecule has 0 aromatic carbocycles. The molecule has 0 aliphatic heterocycles. The summed E-state index contributed by atoms with van der Waals surface area (Å²) in [4.78, 5) is 0. The van der Waals surface area contributed by atoms with Gasteiger partial charge in [-0.25, -0.2) is 8.42 Å². The number of hydrogen-bond donors (Lipinski definition) is 1. The SMILES string of the molecule is C[C@]12CC[C@H]3[C@@H](CCC4=C[C@@H](OS(=O)(=O)[O-])CC[C@@]43C)[C@@H]1CC[C@@H]2CO.[Na+]. The molecule has 7 heteroatoms. The Morgan fingerprint density at radius 1 is 1.15 bits per heavy atom. The molecule has 0 spiro atoms. The molecule has 0 aromatic rings. The summed E-state index contributed by atoms with van der Waals surface area (Å²) in [7, 11) is -4.65. The first-order valence-corrected chi connectivity index (χ1v) is 11.5. The van der Waals surface area contributed by atoms with Gasteiger partial charge in [-0.3, -0.25) is 4.18 Å². The molecule has 4 aliphatic rings. The average Bonchev–Trinajstić information content (AvgIpc) is 2.90. The standard InChI is InChI=1S/C20H32O5S.Na/c1-19-9-7-15(25-26(22,23)24)11-13(19)3-5-16-17-6-4-14(12-21)20(17,2)10-8-18(16)19;/h11,14-18,21H,3-10,12H2,1-2H3,(H,22,23,24);/q;+1/p-1/t14-,15+,16+,17+,18+,19+,20-;/m1./s1. The Morgan fingerprint density at radius 3 is 2.56 bits per heavy atom. The van der Waals surface area contributed by atoms with E-state index >= 15 is 0 Å². The molecule has 27 heavy (non-hydrogen) atoms. The smallest absolute Gasteiger partial charge is 0.726 e. The van der Waals surface area contributed by atoms with E-state index in [0.717, 1.165) is 25.7 Å². The van der Waals surface area contributed by atoms with Crippen molar-refractivity contribution in [3.8, 4) is 0 Å². The second-order valence-corrected chi connectivity index (χ2v) is 10.6. The molecule has 0 saturated heterocycles. The zero-order chi connectivity index (χ0) is 18.7. The topological polar surface area (TPSA) is 86.7 Å². The van der Waals surface area contributed by atoms with Gasteiger partial charge in [0.1, 0.15) is 0 Å². The van der Waals surface area contributed by atoms with E-state index in [9.17, 15) is 18.1 Å². The monoisotopic (exact) mass is 406 g/mol. The Morgan fingerprint density at radius 2 is 1.89 bits per heavy atom. The molecule has 0 unspecified atom stereocenters. The van der Waals surface area contributed by atoms with Crippen molar-refractivity contribution in [3.63, 3.8) is 0 Å². The van der Waals surface area contributed by atoms with Crippen molar-refractivity contribution in [1.29, 1.82) is 0 Å². The summed E-state index contributed by atoms with van der Waals surface area (Å²) in [5.74, 6) is 2.48. The number of rotatable bonds is 3. The maximum atomic E-state index is 11.0. The van der Waals surface area contributed by atoms with E-state index in [1.165, 1.54) is 24.8 Å². The first kappa shape index (κ1) is 22.3. The van der Waals surface area contributed by atoms with Crippen molar-refractivity contribution in [1.82, 2.24) is 0 Å². The number of allylic oxidation sites excluding steroid dienone is 1. The molecule has 7 atom stereocenters. The van der Waals surface area contributed by atoms with Crippen LogP contribution in [0.4, 0.5) is 0 Å². The number of aliphatic hydroxyl groups is 1. The Kier molecular flexibility index (Phi) is 6.33. The molecule has 148 valence electrons. The van der Waals surface area contributed by atoms with Gasteiger partial charge < -0.3 is 9.66 Å². The molecule has 4 rings (SSSR count). The van der Waals surface area contributed by atoms with E-state index in [2.05, 4.69) is 13.8 Å². The van der Waals surface area contributed by atoms with Crippen LogP contribution < -0.4 is 29.6 Å². The number of fused-ring (bicyclic) bond motifs is 5. The predicted octanol–water partition coefficient (Wildman–Crippen LogP) is 0.407. The maximum absolute atomic E-state index is 11.0. The van der Waals surface area contributed by atoms with Crippen LogP contribution in [0.3, 0.4) is 0 Å². The van der Waals surface area contributed by atoms with Gasteiger partial charge in [-0.15, -0.1) is 0 Å². The van der Waals surface area contributed by atoms with Crippen molar-refractivity contribution < 1.29 is 51.8 Å². The minimum absolute atomic E-state index is 0. The molecule has 3 saturated carbocycles. The summed E-state index contributed by atoms with van der Waals surface area (Å²) in [6.45, 7) is 5.06. The van der Waals surface area contributed by atoms with Crippen molar-refractivity contribution >= 4 is 10.4 Å². The van der Waals surface area contributed by atoms with Gasteiger partial charge in [-0.05, 0) is 85.9 Å². The molecule has 5 nitrogen and oxygen atoms in total. The van der Waals surface area contributed by atoms with Crippen LogP contribution in [0.1, 0.15) is 65.2 Å². The molecule has 3 fully saturated rings. The second kappa shape index (κ2) is 7.68. The Bertz CT molecular complexity index is 707. The third kappa shape index (κ3) is 3.73. The molecule has 0 radical (unpaired) electrons. The van der Waals surface area contributed by atoms with E-state index in [1.54, 1.807) is 0 Å². The molecular formula is C20H31NaO5S. The zero-order valence-electron chi connectivity index (χ0n) is 16.8. The minimum Gasteiger partial charge on any atom is -0.726 e. The second-order valence-electron chi connectivity index (χ2n) is 9.61. The molecule has 0 aromatic heterocycles. The van der Waals surface area contributed by atoms with Crippen LogP contribution in [0.5, 0.6) is 0 Å². The van der Waals surface area contributed by atoms with Gasteiger partial charge in [0.05, 0.1) is 6.10 Å². The van der Waals surface area contributed by atoms with Crippen LogP contribution in [0, 0.1) is 34.5 Å². The van der Waals surface area contributed by atoms with Crippen molar-refractivity contribution in [3.05, 3.63) is 11.6 Å². The number of hydrogen-bond acceptors (Lipinski definition) is 5. The Balaban J connectivity index is 0.00000210. The van der Waals surface area contributed by atoms with E-state index in [4.69, 9.17) is 4.18 Å². The largest absolute Gasteiger partial charge is 1.00 e. The summed E-state index contributed by atoms with van der Waals surface area (Å²) in [5, 5.41) is 9.83. The quantitative estimate of drug-likeness (QED) is 0.317. The van der Waals surface area contributed by atoms with Gasteiger partial charge in [0.25, 0.3) is 0 Å². The van der Waals surface area contributed by atoms with Crippen LogP contribution in [0.2, 0.25) is 0 Å².